The Morgan fingerprint density at radius 1 is 1.28 bits per heavy atom. The van der Waals surface area contributed by atoms with Crippen LogP contribution in [0.1, 0.15) is 17.3 Å². The Labute approximate surface area is 145 Å². The summed E-state index contributed by atoms with van der Waals surface area (Å²) in [7, 11) is 1.71. The molecule has 0 aliphatic carbocycles. The molecular weight excluding hydrogens is 326 g/mol. The molecule has 0 bridgehead atoms. The second-order valence-corrected chi connectivity index (χ2v) is 5.27. The number of rotatable bonds is 9. The molecule has 0 unspecified atom stereocenters. The Bertz CT molecular complexity index is 715. The summed E-state index contributed by atoms with van der Waals surface area (Å²) in [6, 6.07) is 6.52. The van der Waals surface area contributed by atoms with Crippen LogP contribution in [0.4, 0.5) is 0 Å². The van der Waals surface area contributed by atoms with Crippen molar-refractivity contribution in [2.75, 3.05) is 26.8 Å². The van der Waals surface area contributed by atoms with Crippen LogP contribution in [0, 0.1) is 0 Å². The smallest absolute Gasteiger partial charge is 0.341 e. The lowest BCUT2D eigenvalue weighted by molar-refractivity contribution is -0.139. The molecule has 1 amide bonds. The molecule has 1 N–H and O–H groups in total. The molecule has 1 aromatic carbocycles. The first-order chi connectivity index (χ1) is 12.0. The first-order valence-corrected chi connectivity index (χ1v) is 7.85. The van der Waals surface area contributed by atoms with E-state index in [0.717, 1.165) is 0 Å². The number of carbonyl (C=O) groups is 2. The number of carboxylic acids is 1. The number of benzene rings is 1. The Morgan fingerprint density at radius 3 is 2.72 bits per heavy atom. The van der Waals surface area contributed by atoms with E-state index in [1.807, 2.05) is 12.3 Å². The number of nitrogens with zero attached hydrogens (tertiary/aromatic N) is 3. The van der Waals surface area contributed by atoms with Gasteiger partial charge in [0.05, 0.1) is 13.2 Å². The summed E-state index contributed by atoms with van der Waals surface area (Å²) in [5.74, 6) is -0.617. The minimum atomic E-state index is -1.08. The van der Waals surface area contributed by atoms with Crippen LogP contribution in [0.5, 0.6) is 11.5 Å². The van der Waals surface area contributed by atoms with Crippen LogP contribution in [-0.2, 0) is 11.3 Å². The highest BCUT2D eigenvalue weighted by molar-refractivity contribution is 5.94. The fourth-order valence-corrected chi connectivity index (χ4v) is 2.18. The van der Waals surface area contributed by atoms with E-state index in [1.54, 1.807) is 47.9 Å². The Balaban J connectivity index is 2.07. The van der Waals surface area contributed by atoms with E-state index in [-0.39, 0.29) is 5.91 Å². The number of carbonyl (C=O) groups excluding carboxylic acids is 1. The van der Waals surface area contributed by atoms with Gasteiger partial charge in [-0.1, -0.05) is 0 Å². The van der Waals surface area contributed by atoms with Gasteiger partial charge in [-0.05, 0) is 31.2 Å². The van der Waals surface area contributed by atoms with Crippen LogP contribution in [0.3, 0.4) is 0 Å². The van der Waals surface area contributed by atoms with Crippen molar-refractivity contribution in [3.05, 3.63) is 42.2 Å². The highest BCUT2D eigenvalue weighted by Gasteiger charge is 2.16. The topological polar surface area (TPSA) is 93.9 Å². The standard InChI is InChI=1S/C17H21N3O5/c1-3-24-15-11-13(5-6-14(15)25-12-16(21)22)17(23)19(2)9-10-20-8-4-7-18-20/h4-8,11H,3,9-10,12H2,1-2H3,(H,21,22). The summed E-state index contributed by atoms with van der Waals surface area (Å²) in [5, 5.41) is 12.8. The minimum absolute atomic E-state index is 0.169. The fraction of sp³-hybridized carbons (Fsp3) is 0.353. The molecule has 0 radical (unpaired) electrons. The third-order valence-corrected chi connectivity index (χ3v) is 3.41. The zero-order valence-electron chi connectivity index (χ0n) is 14.2. The number of likely N-dealkylation sites (N-methyl/N-ethyl adjacent to an activating group) is 1. The summed E-state index contributed by atoms with van der Waals surface area (Å²) in [6.45, 7) is 2.79. The van der Waals surface area contributed by atoms with Crippen LogP contribution in [0.25, 0.3) is 0 Å². The lowest BCUT2D eigenvalue weighted by Crippen LogP contribution is -2.30. The largest absolute Gasteiger partial charge is 0.490 e. The van der Waals surface area contributed by atoms with Crippen LogP contribution in [-0.4, -0.2) is 58.5 Å². The van der Waals surface area contributed by atoms with E-state index in [4.69, 9.17) is 14.6 Å². The molecule has 0 saturated heterocycles. The highest BCUT2D eigenvalue weighted by Crippen LogP contribution is 2.29. The molecule has 1 aromatic heterocycles. The lowest BCUT2D eigenvalue weighted by atomic mass is 10.1. The molecule has 0 aliphatic rings. The van der Waals surface area contributed by atoms with Crippen molar-refractivity contribution in [1.82, 2.24) is 14.7 Å². The van der Waals surface area contributed by atoms with Crippen molar-refractivity contribution in [3.63, 3.8) is 0 Å². The molecule has 2 rings (SSSR count). The second-order valence-electron chi connectivity index (χ2n) is 5.27. The molecular formula is C17H21N3O5. The van der Waals surface area contributed by atoms with Crippen LogP contribution in [0.15, 0.2) is 36.7 Å². The van der Waals surface area contributed by atoms with Gasteiger partial charge in [-0.2, -0.15) is 5.10 Å². The summed E-state index contributed by atoms with van der Waals surface area (Å²) in [4.78, 5) is 24.8. The summed E-state index contributed by atoms with van der Waals surface area (Å²) < 4.78 is 12.4. The normalized spacial score (nSPS) is 10.3. The summed E-state index contributed by atoms with van der Waals surface area (Å²) >= 11 is 0. The fourth-order valence-electron chi connectivity index (χ4n) is 2.18. The van der Waals surface area contributed by atoms with Crippen molar-refractivity contribution in [2.45, 2.75) is 13.5 Å². The van der Waals surface area contributed by atoms with Gasteiger partial charge in [0, 0.05) is 31.5 Å². The molecule has 0 fully saturated rings. The first-order valence-electron chi connectivity index (χ1n) is 7.85. The number of carboxylic acid groups (broad SMARTS) is 1. The maximum atomic E-state index is 12.5. The number of aliphatic carboxylic acids is 1. The summed E-state index contributed by atoms with van der Waals surface area (Å²) in [5.41, 5.74) is 0.439. The SMILES string of the molecule is CCOc1cc(C(=O)N(C)CCn2cccn2)ccc1OCC(=O)O. The lowest BCUT2D eigenvalue weighted by Gasteiger charge is -2.18. The van der Waals surface area contributed by atoms with E-state index in [9.17, 15) is 9.59 Å². The van der Waals surface area contributed by atoms with Crippen molar-refractivity contribution in [2.24, 2.45) is 0 Å². The maximum absolute atomic E-state index is 12.5. The van der Waals surface area contributed by atoms with Crippen molar-refractivity contribution in [1.29, 1.82) is 0 Å². The predicted molar refractivity (Wildman–Crippen MR) is 89.9 cm³/mol. The van der Waals surface area contributed by atoms with Crippen LogP contribution >= 0.6 is 0 Å². The van der Waals surface area contributed by atoms with Crippen molar-refractivity contribution in [3.8, 4) is 11.5 Å². The highest BCUT2D eigenvalue weighted by atomic mass is 16.5. The predicted octanol–water partition coefficient (Wildman–Crippen LogP) is 1.52. The van der Waals surface area contributed by atoms with Crippen molar-refractivity contribution >= 4 is 11.9 Å². The van der Waals surface area contributed by atoms with Gasteiger partial charge in [0.25, 0.3) is 5.91 Å². The third-order valence-electron chi connectivity index (χ3n) is 3.41. The molecule has 1 heterocycles. The Morgan fingerprint density at radius 2 is 2.08 bits per heavy atom. The van der Waals surface area contributed by atoms with E-state index in [1.165, 1.54) is 0 Å². The molecule has 25 heavy (non-hydrogen) atoms. The Kier molecular flexibility index (Phi) is 6.39. The van der Waals surface area contributed by atoms with Crippen LogP contribution in [0.2, 0.25) is 0 Å². The van der Waals surface area contributed by atoms with Gasteiger partial charge in [-0.25, -0.2) is 4.79 Å². The first kappa shape index (κ1) is 18.3. The molecule has 8 nitrogen and oxygen atoms in total. The molecule has 134 valence electrons. The van der Waals surface area contributed by atoms with Gasteiger partial charge < -0.3 is 19.5 Å². The van der Waals surface area contributed by atoms with Gasteiger partial charge in [0.2, 0.25) is 0 Å². The molecule has 8 heteroatoms. The van der Waals surface area contributed by atoms with Gasteiger partial charge in [0.15, 0.2) is 18.1 Å². The number of ether oxygens (including phenoxy) is 2. The van der Waals surface area contributed by atoms with Gasteiger partial charge in [0.1, 0.15) is 0 Å². The second kappa shape index (κ2) is 8.72. The average molecular weight is 347 g/mol. The van der Waals surface area contributed by atoms with Crippen LogP contribution < -0.4 is 9.47 Å². The third kappa shape index (κ3) is 5.23. The van der Waals surface area contributed by atoms with E-state index in [2.05, 4.69) is 5.10 Å². The monoisotopic (exact) mass is 347 g/mol. The van der Waals surface area contributed by atoms with Gasteiger partial charge in [-0.3, -0.25) is 9.48 Å². The van der Waals surface area contributed by atoms with Gasteiger partial charge >= 0.3 is 5.97 Å². The Hall–Kier alpha value is -3.03. The number of hydrogen-bond acceptors (Lipinski definition) is 5. The molecule has 0 saturated carbocycles. The van der Waals surface area contributed by atoms with E-state index < -0.39 is 12.6 Å². The molecule has 2 aromatic rings. The van der Waals surface area contributed by atoms with Gasteiger partial charge in [-0.15, -0.1) is 0 Å². The van der Waals surface area contributed by atoms with Crippen molar-refractivity contribution < 1.29 is 24.2 Å². The average Bonchev–Trinajstić information content (AvgIpc) is 3.11. The molecule has 0 atom stereocenters. The minimum Gasteiger partial charge on any atom is -0.490 e. The van der Waals surface area contributed by atoms with E-state index in [0.29, 0.717) is 36.8 Å². The van der Waals surface area contributed by atoms with E-state index >= 15 is 0 Å². The zero-order chi connectivity index (χ0) is 18.2. The number of amides is 1. The molecule has 0 aliphatic heterocycles. The number of aromatic nitrogens is 2. The quantitative estimate of drug-likeness (QED) is 0.739. The maximum Gasteiger partial charge on any atom is 0.341 e. The number of hydrogen-bond donors (Lipinski definition) is 1. The zero-order valence-corrected chi connectivity index (χ0v) is 14.2. The summed E-state index contributed by atoms with van der Waals surface area (Å²) in [6.07, 6.45) is 3.52. The molecule has 0 spiro atoms.